The van der Waals surface area contributed by atoms with Crippen molar-refractivity contribution in [2.75, 3.05) is 6.61 Å². The Morgan fingerprint density at radius 1 is 1.57 bits per heavy atom. The van der Waals surface area contributed by atoms with E-state index in [9.17, 15) is 4.91 Å². The number of rotatable bonds is 4. The third-order valence-electron chi connectivity index (χ3n) is 1.55. The molecule has 0 aromatic heterocycles. The average molecular weight is 210 g/mol. The molecule has 0 fully saturated rings. The monoisotopic (exact) mass is 209 g/mol. The summed E-state index contributed by atoms with van der Waals surface area (Å²) in [6.45, 7) is 0.278. The Balaban J connectivity index is 2.79. The van der Waals surface area contributed by atoms with Crippen LogP contribution in [-0.4, -0.2) is 6.61 Å². The second kappa shape index (κ2) is 5.25. The summed E-state index contributed by atoms with van der Waals surface area (Å²) in [5, 5.41) is 3.19. The summed E-state index contributed by atoms with van der Waals surface area (Å²) < 4.78 is 5.14. The molecular weight excluding hydrogens is 202 g/mol. The van der Waals surface area contributed by atoms with E-state index in [4.69, 9.17) is 22.8 Å². The maximum Gasteiger partial charge on any atom is 0.148 e. The smallest absolute Gasteiger partial charge is 0.148 e. The first-order chi connectivity index (χ1) is 6.77. The van der Waals surface area contributed by atoms with Crippen LogP contribution in [0.25, 0.3) is 0 Å². The Morgan fingerprint density at radius 2 is 2.36 bits per heavy atom. The molecule has 3 nitrogen and oxygen atoms in total. The largest absolute Gasteiger partial charge is 0.479 e. The molecule has 0 aliphatic carbocycles. The molecule has 0 aliphatic heterocycles. The fraction of sp³-hybridized carbons (Fsp3) is 0.200. The maximum atomic E-state index is 9.99. The highest BCUT2D eigenvalue weighted by Gasteiger charge is 2.02. The first-order valence-corrected chi connectivity index (χ1v) is 4.29. The fourth-order valence-corrected chi connectivity index (χ4v) is 1.21. The van der Waals surface area contributed by atoms with E-state index < -0.39 is 0 Å². The second-order valence-electron chi connectivity index (χ2n) is 2.54. The molecule has 0 spiro atoms. The van der Waals surface area contributed by atoms with Crippen molar-refractivity contribution in [3.63, 3.8) is 0 Å². The number of halogens is 1. The van der Waals surface area contributed by atoms with Gasteiger partial charge in [-0.1, -0.05) is 28.8 Å². The van der Waals surface area contributed by atoms with Gasteiger partial charge in [0.2, 0.25) is 0 Å². The summed E-state index contributed by atoms with van der Waals surface area (Å²) >= 11 is 5.86. The average Bonchev–Trinajstić information content (AvgIpc) is 2.17. The number of nitroso groups, excluding NO2 is 1. The van der Waals surface area contributed by atoms with E-state index >= 15 is 0 Å². The molecule has 0 atom stereocenters. The molecule has 0 amide bonds. The van der Waals surface area contributed by atoms with Crippen LogP contribution in [-0.2, 0) is 6.54 Å². The lowest BCUT2D eigenvalue weighted by Crippen LogP contribution is -1.94. The van der Waals surface area contributed by atoms with Crippen LogP contribution in [0, 0.1) is 17.3 Å². The summed E-state index contributed by atoms with van der Waals surface area (Å²) in [5.74, 6) is 2.85. The quantitative estimate of drug-likeness (QED) is 0.565. The van der Waals surface area contributed by atoms with E-state index in [1.165, 1.54) is 0 Å². The molecule has 72 valence electrons. The minimum atomic E-state index is 0.106. The van der Waals surface area contributed by atoms with E-state index in [1.807, 2.05) is 0 Å². The summed E-state index contributed by atoms with van der Waals surface area (Å²) in [5.41, 5.74) is 0.748. The van der Waals surface area contributed by atoms with Gasteiger partial charge in [0.15, 0.2) is 0 Å². The zero-order chi connectivity index (χ0) is 10.4. The fourth-order valence-electron chi connectivity index (χ4n) is 0.954. The Kier molecular flexibility index (Phi) is 3.96. The third-order valence-corrected chi connectivity index (χ3v) is 1.85. The number of ether oxygens (including phenoxy) is 1. The minimum Gasteiger partial charge on any atom is -0.479 e. The van der Waals surface area contributed by atoms with Crippen molar-refractivity contribution < 1.29 is 4.74 Å². The summed E-state index contributed by atoms with van der Waals surface area (Å²) in [4.78, 5) is 9.99. The Bertz CT molecular complexity index is 371. The molecule has 0 unspecified atom stereocenters. The van der Waals surface area contributed by atoms with Gasteiger partial charge in [0.05, 0.1) is 5.02 Å². The van der Waals surface area contributed by atoms with Gasteiger partial charge in [-0.25, -0.2) is 0 Å². The number of terminal acetylenes is 1. The normalized spacial score (nSPS) is 9.14. The molecule has 0 N–H and O–H groups in total. The first kappa shape index (κ1) is 10.6. The predicted octanol–water partition coefficient (Wildman–Crippen LogP) is 2.62. The molecule has 1 aromatic carbocycles. The molecule has 1 aromatic rings. The number of hydrogen-bond acceptors (Lipinski definition) is 3. The van der Waals surface area contributed by atoms with Gasteiger partial charge in [-0.3, -0.25) is 0 Å². The van der Waals surface area contributed by atoms with Crippen molar-refractivity contribution in [3.8, 4) is 18.1 Å². The summed E-state index contributed by atoms with van der Waals surface area (Å²) in [6.07, 6.45) is 5.03. The molecule has 0 bridgehead atoms. The van der Waals surface area contributed by atoms with Gasteiger partial charge >= 0.3 is 0 Å². The lowest BCUT2D eigenvalue weighted by atomic mass is 10.2. The molecule has 0 saturated heterocycles. The van der Waals surface area contributed by atoms with Crippen molar-refractivity contribution in [1.82, 2.24) is 0 Å². The Hall–Kier alpha value is -1.53. The van der Waals surface area contributed by atoms with Crippen LogP contribution in [0.2, 0.25) is 5.02 Å². The second-order valence-corrected chi connectivity index (χ2v) is 2.95. The van der Waals surface area contributed by atoms with Crippen LogP contribution in [0.4, 0.5) is 0 Å². The van der Waals surface area contributed by atoms with Gasteiger partial charge in [-0.15, -0.1) is 6.42 Å². The molecule has 1 rings (SSSR count). The zero-order valence-electron chi connectivity index (χ0n) is 7.37. The van der Waals surface area contributed by atoms with Crippen LogP contribution >= 0.6 is 11.6 Å². The van der Waals surface area contributed by atoms with Gasteiger partial charge < -0.3 is 4.74 Å². The number of nitrogens with zero attached hydrogens (tertiary/aromatic N) is 1. The Labute approximate surface area is 87.0 Å². The minimum absolute atomic E-state index is 0.106. The van der Waals surface area contributed by atoms with Gasteiger partial charge in [0, 0.05) is 0 Å². The van der Waals surface area contributed by atoms with Crippen molar-refractivity contribution in [1.29, 1.82) is 0 Å². The highest BCUT2D eigenvalue weighted by Crippen LogP contribution is 2.25. The number of hydrogen-bond donors (Lipinski definition) is 0. The third kappa shape index (κ3) is 2.75. The highest BCUT2D eigenvalue weighted by molar-refractivity contribution is 6.32. The standard InChI is InChI=1S/C10H8ClNO2/c1-2-5-14-10-4-3-8(7-12-13)6-9(10)11/h1,3-4,6H,5,7H2. The topological polar surface area (TPSA) is 38.7 Å². The molecule has 14 heavy (non-hydrogen) atoms. The predicted molar refractivity (Wildman–Crippen MR) is 55.3 cm³/mol. The molecule has 0 aliphatic rings. The van der Waals surface area contributed by atoms with E-state index in [2.05, 4.69) is 11.1 Å². The van der Waals surface area contributed by atoms with E-state index in [1.54, 1.807) is 18.2 Å². The maximum absolute atomic E-state index is 9.99. The van der Waals surface area contributed by atoms with Crippen LogP contribution in [0.1, 0.15) is 5.56 Å². The summed E-state index contributed by atoms with van der Waals surface area (Å²) in [7, 11) is 0. The van der Waals surface area contributed by atoms with E-state index in [0.717, 1.165) is 5.56 Å². The number of benzene rings is 1. The van der Waals surface area contributed by atoms with Crippen LogP contribution in [0.5, 0.6) is 5.75 Å². The van der Waals surface area contributed by atoms with Crippen LogP contribution in [0.3, 0.4) is 0 Å². The summed E-state index contributed by atoms with van der Waals surface area (Å²) in [6, 6.07) is 5.02. The molecular formula is C10H8ClNO2. The van der Waals surface area contributed by atoms with Gasteiger partial charge in [-0.2, -0.15) is 4.91 Å². The van der Waals surface area contributed by atoms with Crippen molar-refractivity contribution in [2.45, 2.75) is 6.54 Å². The first-order valence-electron chi connectivity index (χ1n) is 3.91. The van der Waals surface area contributed by atoms with Gasteiger partial charge in [0.25, 0.3) is 0 Å². The highest BCUT2D eigenvalue weighted by atomic mass is 35.5. The van der Waals surface area contributed by atoms with Crippen molar-refractivity contribution in [3.05, 3.63) is 33.7 Å². The SMILES string of the molecule is C#CCOc1ccc(CN=O)cc1Cl. The van der Waals surface area contributed by atoms with Gasteiger partial charge in [0.1, 0.15) is 18.9 Å². The van der Waals surface area contributed by atoms with Crippen molar-refractivity contribution in [2.24, 2.45) is 5.18 Å². The Morgan fingerprint density at radius 3 is 2.93 bits per heavy atom. The lowest BCUT2D eigenvalue weighted by Gasteiger charge is -2.05. The van der Waals surface area contributed by atoms with Crippen LogP contribution in [0.15, 0.2) is 23.4 Å². The van der Waals surface area contributed by atoms with E-state index in [0.29, 0.717) is 10.8 Å². The molecule has 0 saturated carbocycles. The van der Waals surface area contributed by atoms with Crippen molar-refractivity contribution >= 4 is 11.6 Å². The zero-order valence-corrected chi connectivity index (χ0v) is 8.12. The molecule has 4 heteroatoms. The molecule has 0 heterocycles. The van der Waals surface area contributed by atoms with Gasteiger partial charge in [-0.05, 0) is 17.7 Å². The van der Waals surface area contributed by atoms with E-state index in [-0.39, 0.29) is 13.2 Å². The van der Waals surface area contributed by atoms with Crippen LogP contribution < -0.4 is 4.74 Å². The lowest BCUT2D eigenvalue weighted by molar-refractivity contribution is 0.370. The molecule has 0 radical (unpaired) electrons.